The molecule has 0 saturated heterocycles. The van der Waals surface area contributed by atoms with E-state index in [2.05, 4.69) is 4.98 Å². The van der Waals surface area contributed by atoms with Crippen molar-refractivity contribution < 1.29 is 42.5 Å². The zero-order valence-electron chi connectivity index (χ0n) is 22.8. The number of benzene rings is 2. The third kappa shape index (κ3) is 5.69. The van der Waals surface area contributed by atoms with Crippen molar-refractivity contribution >= 4 is 18.1 Å². The number of ketones is 1. The summed E-state index contributed by atoms with van der Waals surface area (Å²) in [7, 11) is 0. The van der Waals surface area contributed by atoms with Gasteiger partial charge in [-0.1, -0.05) is 36.4 Å². The highest BCUT2D eigenvalue weighted by molar-refractivity contribution is 6.02. The second kappa shape index (κ2) is 11.4. The fraction of sp³-hybridized carbons (Fsp3) is 0.219. The first kappa shape index (κ1) is 27.7. The van der Waals surface area contributed by atoms with Gasteiger partial charge in [-0.3, -0.25) is 9.78 Å². The minimum absolute atomic E-state index is 0.0215. The third-order valence-corrected chi connectivity index (χ3v) is 7.45. The van der Waals surface area contributed by atoms with Crippen LogP contribution >= 0.6 is 0 Å². The SMILES string of the molecule is C[C@@]12Oc3cc(-c4cccnc4)oc(=O)c3C(=O)[C@@H]1C[C@@H](OC(=O)Oc1ccccc1)C[C@H]2OC(=O)Oc1ccccc1. The van der Waals surface area contributed by atoms with Gasteiger partial charge in [0.15, 0.2) is 11.4 Å². The number of Topliss-reactive ketones (excluding diaryl/α,β-unsaturated/α-hetero) is 1. The molecule has 11 heteroatoms. The van der Waals surface area contributed by atoms with E-state index in [4.69, 9.17) is 28.1 Å². The van der Waals surface area contributed by atoms with Crippen LogP contribution in [0.25, 0.3) is 11.3 Å². The van der Waals surface area contributed by atoms with E-state index in [1.165, 1.54) is 12.3 Å². The van der Waals surface area contributed by atoms with Crippen LogP contribution in [0.5, 0.6) is 17.2 Å². The lowest BCUT2D eigenvalue weighted by Gasteiger charge is -2.49. The van der Waals surface area contributed by atoms with Crippen molar-refractivity contribution in [2.24, 2.45) is 5.92 Å². The van der Waals surface area contributed by atoms with Gasteiger partial charge in [0.2, 0.25) is 0 Å². The van der Waals surface area contributed by atoms with Crippen LogP contribution in [0.1, 0.15) is 30.1 Å². The number of carbonyl (C=O) groups is 3. The first-order valence-corrected chi connectivity index (χ1v) is 13.5. The van der Waals surface area contributed by atoms with Crippen molar-refractivity contribution in [2.45, 2.75) is 37.6 Å². The zero-order valence-corrected chi connectivity index (χ0v) is 22.8. The van der Waals surface area contributed by atoms with Crippen LogP contribution in [-0.2, 0) is 9.47 Å². The summed E-state index contributed by atoms with van der Waals surface area (Å²) < 4.78 is 33.6. The average molecular weight is 584 g/mol. The molecule has 0 unspecified atom stereocenters. The number of rotatable bonds is 5. The molecule has 2 aromatic carbocycles. The normalized spacial score (nSPS) is 22.3. The van der Waals surface area contributed by atoms with Crippen molar-refractivity contribution in [1.82, 2.24) is 4.98 Å². The van der Waals surface area contributed by atoms with Gasteiger partial charge >= 0.3 is 17.9 Å². The number of hydrogen-bond acceptors (Lipinski definition) is 11. The number of hydrogen-bond donors (Lipinski definition) is 0. The first-order valence-electron chi connectivity index (χ1n) is 13.5. The van der Waals surface area contributed by atoms with Gasteiger partial charge in [-0.15, -0.1) is 0 Å². The summed E-state index contributed by atoms with van der Waals surface area (Å²) in [6.07, 6.45) is -1.12. The molecule has 3 heterocycles. The summed E-state index contributed by atoms with van der Waals surface area (Å²) >= 11 is 0. The van der Waals surface area contributed by atoms with Crippen LogP contribution in [0, 0.1) is 5.92 Å². The number of ether oxygens (including phenoxy) is 5. The Bertz CT molecular complexity index is 1710. The summed E-state index contributed by atoms with van der Waals surface area (Å²) in [6, 6.07) is 21.4. The Hall–Kier alpha value is -5.45. The molecule has 1 aliphatic heterocycles. The van der Waals surface area contributed by atoms with E-state index < -0.39 is 47.4 Å². The molecule has 4 atom stereocenters. The van der Waals surface area contributed by atoms with Gasteiger partial charge in [0.1, 0.15) is 40.8 Å². The number of nitrogens with zero attached hydrogens (tertiary/aromatic N) is 1. The smallest absolute Gasteiger partial charge is 0.482 e. The molecule has 0 N–H and O–H groups in total. The van der Waals surface area contributed by atoms with Gasteiger partial charge in [0, 0.05) is 30.4 Å². The van der Waals surface area contributed by atoms with Crippen molar-refractivity contribution in [1.29, 1.82) is 0 Å². The highest BCUT2D eigenvalue weighted by Crippen LogP contribution is 2.47. The topological polar surface area (TPSA) is 140 Å². The first-order chi connectivity index (χ1) is 20.8. The van der Waals surface area contributed by atoms with E-state index in [9.17, 15) is 19.2 Å². The van der Waals surface area contributed by atoms with E-state index in [0.29, 0.717) is 5.56 Å². The summed E-state index contributed by atoms with van der Waals surface area (Å²) in [6.45, 7) is 1.61. The lowest BCUT2D eigenvalue weighted by molar-refractivity contribution is -0.137. The molecule has 0 spiro atoms. The lowest BCUT2D eigenvalue weighted by Crippen LogP contribution is -2.63. The quantitative estimate of drug-likeness (QED) is 0.214. The molecule has 1 fully saturated rings. The highest BCUT2D eigenvalue weighted by atomic mass is 16.7. The number of fused-ring (bicyclic) bond motifs is 2. The molecule has 218 valence electrons. The Kier molecular flexibility index (Phi) is 7.37. The van der Waals surface area contributed by atoms with Crippen LogP contribution in [-0.4, -0.2) is 40.9 Å². The summed E-state index contributed by atoms with van der Waals surface area (Å²) in [5.41, 5.74) is -2.13. The average Bonchev–Trinajstić information content (AvgIpc) is 2.99. The largest absolute Gasteiger partial charge is 0.514 e. The summed E-state index contributed by atoms with van der Waals surface area (Å²) in [5.74, 6) is -1.01. The van der Waals surface area contributed by atoms with Gasteiger partial charge < -0.3 is 28.1 Å². The van der Waals surface area contributed by atoms with E-state index in [1.54, 1.807) is 85.9 Å². The van der Waals surface area contributed by atoms with Gasteiger partial charge in [-0.05, 0) is 49.7 Å². The Morgan fingerprint density at radius 2 is 1.51 bits per heavy atom. The van der Waals surface area contributed by atoms with Crippen molar-refractivity contribution in [2.75, 3.05) is 0 Å². The number of aromatic nitrogens is 1. The molecule has 2 aliphatic rings. The molecular weight excluding hydrogens is 558 g/mol. The minimum atomic E-state index is -1.46. The maximum Gasteiger partial charge on any atom is 0.514 e. The molecule has 1 aliphatic carbocycles. The number of carbonyl (C=O) groups excluding carboxylic acids is 3. The molecule has 11 nitrogen and oxygen atoms in total. The molecule has 0 amide bonds. The van der Waals surface area contributed by atoms with Crippen molar-refractivity contribution in [3.63, 3.8) is 0 Å². The standard InChI is InChI=1S/C32H25NO10/c1-32-23(28(34)27-25(43-32)17-24(41-29(27)35)19-9-8-14-33-18-19)15-22(40-30(36)38-20-10-4-2-5-11-20)16-26(32)42-31(37)39-21-12-6-3-7-13-21/h2-14,17-18,22-23,26H,15-16H2,1H3/t22-,23+,26-,32-/m1/s1. The molecule has 4 aromatic rings. The predicted octanol–water partition coefficient (Wildman–Crippen LogP) is 5.61. The fourth-order valence-corrected chi connectivity index (χ4v) is 5.36. The zero-order chi connectivity index (χ0) is 30.0. The fourth-order valence-electron chi connectivity index (χ4n) is 5.36. The molecule has 0 radical (unpaired) electrons. The van der Waals surface area contributed by atoms with E-state index in [1.807, 2.05) is 0 Å². The Morgan fingerprint density at radius 1 is 0.860 bits per heavy atom. The van der Waals surface area contributed by atoms with Crippen LogP contribution in [0.15, 0.2) is 100 Å². The van der Waals surface area contributed by atoms with E-state index in [0.717, 1.165) is 0 Å². The number of pyridine rings is 1. The predicted molar refractivity (Wildman–Crippen MR) is 149 cm³/mol. The maximum absolute atomic E-state index is 13.9. The van der Waals surface area contributed by atoms with E-state index >= 15 is 0 Å². The summed E-state index contributed by atoms with van der Waals surface area (Å²) in [4.78, 5) is 56.5. The lowest BCUT2D eigenvalue weighted by atomic mass is 9.68. The van der Waals surface area contributed by atoms with Crippen LogP contribution in [0.4, 0.5) is 9.59 Å². The van der Waals surface area contributed by atoms with Crippen molar-refractivity contribution in [3.05, 3.63) is 107 Å². The molecule has 6 rings (SSSR count). The van der Waals surface area contributed by atoms with Gasteiger partial charge in [0.05, 0.1) is 5.92 Å². The van der Waals surface area contributed by atoms with Crippen molar-refractivity contribution in [3.8, 4) is 28.6 Å². The monoisotopic (exact) mass is 583 g/mol. The van der Waals surface area contributed by atoms with Crippen LogP contribution < -0.4 is 19.8 Å². The molecule has 0 bridgehead atoms. The minimum Gasteiger partial charge on any atom is -0.482 e. The molecular formula is C32H25NO10. The van der Waals surface area contributed by atoms with Crippen LogP contribution in [0.2, 0.25) is 0 Å². The van der Waals surface area contributed by atoms with Crippen LogP contribution in [0.3, 0.4) is 0 Å². The Balaban J connectivity index is 1.31. The highest BCUT2D eigenvalue weighted by Gasteiger charge is 2.59. The second-order valence-electron chi connectivity index (χ2n) is 10.2. The summed E-state index contributed by atoms with van der Waals surface area (Å²) in [5, 5.41) is 0. The van der Waals surface area contributed by atoms with Gasteiger partial charge in [-0.25, -0.2) is 14.4 Å². The number of para-hydroxylation sites is 2. The second-order valence-corrected chi connectivity index (χ2v) is 10.2. The maximum atomic E-state index is 13.9. The Labute approximate surface area is 244 Å². The molecule has 2 aromatic heterocycles. The molecule has 43 heavy (non-hydrogen) atoms. The van der Waals surface area contributed by atoms with E-state index in [-0.39, 0.29) is 41.4 Å². The van der Waals surface area contributed by atoms with Gasteiger partial charge in [-0.2, -0.15) is 0 Å². The van der Waals surface area contributed by atoms with Gasteiger partial charge in [0.25, 0.3) is 0 Å². The molecule has 1 saturated carbocycles. The third-order valence-electron chi connectivity index (χ3n) is 7.45. The Morgan fingerprint density at radius 3 is 2.14 bits per heavy atom.